The summed E-state index contributed by atoms with van der Waals surface area (Å²) in [5.74, 6) is 0.792. The highest BCUT2D eigenvalue weighted by Gasteiger charge is 2.25. The first-order valence-corrected chi connectivity index (χ1v) is 7.11. The van der Waals surface area contributed by atoms with Gasteiger partial charge in [0.15, 0.2) is 0 Å². The van der Waals surface area contributed by atoms with Crippen LogP contribution in [0.15, 0.2) is 22.7 Å². The molecule has 1 aromatic carbocycles. The smallest absolute Gasteiger partial charge is 0.233 e. The molecule has 1 saturated heterocycles. The summed E-state index contributed by atoms with van der Waals surface area (Å²) in [6, 6.07) is 5.38. The van der Waals surface area contributed by atoms with Crippen molar-refractivity contribution in [1.82, 2.24) is 0 Å². The number of benzene rings is 1. The van der Waals surface area contributed by atoms with Crippen LogP contribution in [0.5, 0.6) is 0 Å². The van der Waals surface area contributed by atoms with Gasteiger partial charge in [-0.2, -0.15) is 0 Å². The topological polar surface area (TPSA) is 20.3 Å². The third-order valence-electron chi connectivity index (χ3n) is 2.13. The number of hydrogen-bond acceptors (Lipinski definition) is 3. The second-order valence-electron chi connectivity index (χ2n) is 3.19. The minimum absolute atomic E-state index is 0.0298. The predicted octanol–water partition coefficient (Wildman–Crippen LogP) is 3.86. The lowest BCUT2D eigenvalue weighted by molar-refractivity contribution is -0.117. The van der Waals surface area contributed by atoms with Gasteiger partial charge >= 0.3 is 0 Å². The van der Waals surface area contributed by atoms with Crippen molar-refractivity contribution in [3.05, 3.63) is 27.7 Å². The molecule has 0 atom stereocenters. The lowest BCUT2D eigenvalue weighted by Gasteiger charge is -2.26. The van der Waals surface area contributed by atoms with Crippen molar-refractivity contribution in [2.24, 2.45) is 0 Å². The quantitative estimate of drug-likeness (QED) is 0.726. The van der Waals surface area contributed by atoms with Gasteiger partial charge < -0.3 is 0 Å². The van der Waals surface area contributed by atoms with Gasteiger partial charge in [0.25, 0.3) is 0 Å². The molecule has 6 heteroatoms. The van der Waals surface area contributed by atoms with E-state index in [1.165, 1.54) is 11.8 Å². The zero-order valence-electron chi connectivity index (χ0n) is 8.07. The summed E-state index contributed by atoms with van der Waals surface area (Å²) in [4.78, 5) is 13.3. The van der Waals surface area contributed by atoms with Crippen LogP contribution in [0.4, 0.5) is 5.69 Å². The molecule has 0 aliphatic carbocycles. The van der Waals surface area contributed by atoms with Gasteiger partial charge in [0.1, 0.15) is 4.32 Å². The molecule has 0 unspecified atom stereocenters. The highest BCUT2D eigenvalue weighted by molar-refractivity contribution is 9.10. The van der Waals surface area contributed by atoms with Crippen LogP contribution in [0, 0.1) is 0 Å². The molecule has 0 saturated carbocycles. The number of thioether (sulfide) groups is 1. The molecule has 1 aliphatic rings. The van der Waals surface area contributed by atoms with Crippen molar-refractivity contribution in [2.75, 3.05) is 10.7 Å². The molecule has 16 heavy (non-hydrogen) atoms. The summed E-state index contributed by atoms with van der Waals surface area (Å²) in [7, 11) is 0. The SMILES string of the molecule is O=C1CCSC(=S)N1c1ccc(Br)c(Cl)c1. The fourth-order valence-corrected chi connectivity index (χ4v) is 3.04. The number of carbonyl (C=O) groups excluding carboxylic acids is 1. The fourth-order valence-electron chi connectivity index (χ4n) is 1.38. The van der Waals surface area contributed by atoms with E-state index in [-0.39, 0.29) is 5.91 Å². The van der Waals surface area contributed by atoms with Crippen LogP contribution in [-0.4, -0.2) is 16.0 Å². The lowest BCUT2D eigenvalue weighted by atomic mass is 10.3. The van der Waals surface area contributed by atoms with Gasteiger partial charge in [0, 0.05) is 16.6 Å². The Morgan fingerprint density at radius 1 is 1.50 bits per heavy atom. The van der Waals surface area contributed by atoms with Crippen LogP contribution in [0.2, 0.25) is 5.02 Å². The average Bonchev–Trinajstić information content (AvgIpc) is 2.23. The van der Waals surface area contributed by atoms with Crippen molar-refractivity contribution in [3.8, 4) is 0 Å². The first kappa shape index (κ1) is 12.4. The Morgan fingerprint density at radius 2 is 2.25 bits per heavy atom. The number of rotatable bonds is 1. The zero-order chi connectivity index (χ0) is 11.7. The number of thiocarbonyl (C=S) groups is 1. The molecule has 0 aromatic heterocycles. The minimum Gasteiger partial charge on any atom is -0.274 e. The molecule has 1 aromatic rings. The molecule has 1 aliphatic heterocycles. The first-order valence-electron chi connectivity index (χ1n) is 4.54. The third kappa shape index (κ3) is 2.42. The molecule has 1 heterocycles. The molecule has 1 amide bonds. The number of amides is 1. The van der Waals surface area contributed by atoms with E-state index in [0.29, 0.717) is 15.8 Å². The third-order valence-corrected chi connectivity index (χ3v) is 4.74. The number of hydrogen-bond donors (Lipinski definition) is 0. The van der Waals surface area contributed by atoms with E-state index in [4.69, 9.17) is 23.8 Å². The summed E-state index contributed by atoms with van der Waals surface area (Å²) in [6.45, 7) is 0. The zero-order valence-corrected chi connectivity index (χ0v) is 12.0. The standard InChI is InChI=1S/C10H7BrClNOS2/c11-7-2-1-6(5-8(7)12)13-9(14)3-4-16-10(13)15/h1-2,5H,3-4H2. The van der Waals surface area contributed by atoms with E-state index in [0.717, 1.165) is 15.9 Å². The Balaban J connectivity index is 2.38. The van der Waals surface area contributed by atoms with Gasteiger partial charge in [-0.05, 0) is 34.1 Å². The van der Waals surface area contributed by atoms with E-state index >= 15 is 0 Å². The first-order chi connectivity index (χ1) is 7.59. The average molecular weight is 337 g/mol. The fraction of sp³-hybridized carbons (Fsp3) is 0.200. The molecule has 1 fully saturated rings. The molecule has 2 nitrogen and oxygen atoms in total. The predicted molar refractivity (Wildman–Crippen MR) is 76.3 cm³/mol. The van der Waals surface area contributed by atoms with Crippen LogP contribution in [0.1, 0.15) is 6.42 Å². The summed E-state index contributed by atoms with van der Waals surface area (Å²) in [6.07, 6.45) is 0.512. The van der Waals surface area contributed by atoms with E-state index in [9.17, 15) is 4.79 Å². The molecule has 0 spiro atoms. The Hall–Kier alpha value is -0.100. The van der Waals surface area contributed by atoms with Gasteiger partial charge in [-0.25, -0.2) is 0 Å². The highest BCUT2D eigenvalue weighted by atomic mass is 79.9. The van der Waals surface area contributed by atoms with Crippen LogP contribution < -0.4 is 4.90 Å². The molecular weight excluding hydrogens is 330 g/mol. The molecule has 0 radical (unpaired) electrons. The van der Waals surface area contributed by atoms with E-state index in [2.05, 4.69) is 15.9 Å². The van der Waals surface area contributed by atoms with E-state index in [1.54, 1.807) is 11.0 Å². The van der Waals surface area contributed by atoms with Gasteiger partial charge in [-0.1, -0.05) is 35.6 Å². The largest absolute Gasteiger partial charge is 0.274 e. The van der Waals surface area contributed by atoms with Crippen molar-refractivity contribution in [1.29, 1.82) is 0 Å². The van der Waals surface area contributed by atoms with Gasteiger partial charge in [-0.3, -0.25) is 9.69 Å². The summed E-state index contributed by atoms with van der Waals surface area (Å²) in [5, 5.41) is 0.573. The summed E-state index contributed by atoms with van der Waals surface area (Å²) >= 11 is 16.0. The number of anilines is 1. The molecule has 84 valence electrons. The van der Waals surface area contributed by atoms with E-state index < -0.39 is 0 Å². The van der Waals surface area contributed by atoms with Crippen LogP contribution >= 0.6 is 51.5 Å². The van der Waals surface area contributed by atoms with Crippen LogP contribution in [0.3, 0.4) is 0 Å². The second-order valence-corrected chi connectivity index (χ2v) is 6.18. The number of carbonyl (C=O) groups is 1. The highest BCUT2D eigenvalue weighted by Crippen LogP contribution is 2.31. The number of nitrogens with zero attached hydrogens (tertiary/aromatic N) is 1. The van der Waals surface area contributed by atoms with Crippen LogP contribution in [-0.2, 0) is 4.79 Å². The van der Waals surface area contributed by atoms with Gasteiger partial charge in [0.05, 0.1) is 10.7 Å². The van der Waals surface area contributed by atoms with Crippen molar-refractivity contribution in [3.63, 3.8) is 0 Å². The maximum absolute atomic E-state index is 11.8. The molecule has 0 bridgehead atoms. The Morgan fingerprint density at radius 3 is 2.88 bits per heavy atom. The monoisotopic (exact) mass is 335 g/mol. The van der Waals surface area contributed by atoms with Gasteiger partial charge in [0.2, 0.25) is 5.91 Å². The summed E-state index contributed by atoms with van der Waals surface area (Å²) in [5.41, 5.74) is 0.732. The maximum Gasteiger partial charge on any atom is 0.233 e. The van der Waals surface area contributed by atoms with E-state index in [1.807, 2.05) is 12.1 Å². The van der Waals surface area contributed by atoms with Gasteiger partial charge in [-0.15, -0.1) is 0 Å². The second kappa shape index (κ2) is 5.04. The maximum atomic E-state index is 11.8. The molecule has 0 N–H and O–H groups in total. The summed E-state index contributed by atoms with van der Waals surface area (Å²) < 4.78 is 1.40. The minimum atomic E-state index is 0.0298. The Labute approximate surface area is 116 Å². The molecular formula is C10H7BrClNOS2. The Bertz CT molecular complexity index is 450. The lowest BCUT2D eigenvalue weighted by Crippen LogP contribution is -2.37. The number of halogens is 2. The Kier molecular flexibility index (Phi) is 3.89. The van der Waals surface area contributed by atoms with Crippen molar-refractivity contribution < 1.29 is 4.79 Å². The van der Waals surface area contributed by atoms with Crippen LogP contribution in [0.25, 0.3) is 0 Å². The van der Waals surface area contributed by atoms with Crippen molar-refractivity contribution in [2.45, 2.75) is 6.42 Å². The molecule has 2 rings (SSSR count). The van der Waals surface area contributed by atoms with Crippen molar-refractivity contribution >= 4 is 67.4 Å². The normalized spacial score (nSPS) is 16.8.